The standard InChI is InChI=1S/C8H13FS.C8H13N3.C3H8/c1-4-10-8(5-6-9)7(2)3;1-3-6-5-10-7(4-2)11-8(6)9;1-3-2/h4H,1,5-6H2,2-3H3;5H,3-4H2,1-2H3,(H2,9,10,11);3H2,1-2H3. The molecular weight excluding hydrogens is 321 g/mol. The van der Waals surface area contributed by atoms with Crippen LogP contribution in [0, 0.1) is 0 Å². The molecule has 0 radical (unpaired) electrons. The van der Waals surface area contributed by atoms with E-state index >= 15 is 0 Å². The van der Waals surface area contributed by atoms with Crippen LogP contribution in [0.4, 0.5) is 10.2 Å². The zero-order chi connectivity index (χ0) is 19.0. The van der Waals surface area contributed by atoms with Gasteiger partial charge in [0.25, 0.3) is 0 Å². The molecule has 0 aromatic carbocycles. The lowest BCUT2D eigenvalue weighted by Crippen LogP contribution is -2.02. The minimum atomic E-state index is -0.276. The maximum Gasteiger partial charge on any atom is 0.130 e. The summed E-state index contributed by atoms with van der Waals surface area (Å²) in [7, 11) is 0. The first kappa shape index (κ1) is 24.9. The molecule has 3 nitrogen and oxygen atoms in total. The smallest absolute Gasteiger partial charge is 0.130 e. The van der Waals surface area contributed by atoms with Gasteiger partial charge < -0.3 is 5.73 Å². The van der Waals surface area contributed by atoms with Crippen molar-refractivity contribution in [1.82, 2.24) is 9.97 Å². The van der Waals surface area contributed by atoms with E-state index in [0.29, 0.717) is 12.2 Å². The Hall–Kier alpha value is -1.36. The molecule has 0 unspecified atom stereocenters. The molecule has 138 valence electrons. The molecule has 2 N–H and O–H groups in total. The zero-order valence-corrected chi connectivity index (χ0v) is 17.0. The molecule has 1 aromatic rings. The third-order valence-corrected chi connectivity index (χ3v) is 3.81. The lowest BCUT2D eigenvalue weighted by Gasteiger charge is -2.02. The Labute approximate surface area is 152 Å². The number of nitrogens with two attached hydrogens (primary N) is 1. The van der Waals surface area contributed by atoms with Crippen LogP contribution in [0.1, 0.15) is 65.8 Å². The van der Waals surface area contributed by atoms with Gasteiger partial charge in [0.05, 0.1) is 6.67 Å². The lowest BCUT2D eigenvalue weighted by atomic mass is 10.2. The quantitative estimate of drug-likeness (QED) is 0.668. The Morgan fingerprint density at radius 3 is 2.17 bits per heavy atom. The van der Waals surface area contributed by atoms with Crippen molar-refractivity contribution >= 4 is 17.6 Å². The second-order valence-corrected chi connectivity index (χ2v) is 6.32. The van der Waals surface area contributed by atoms with E-state index in [0.717, 1.165) is 29.1 Å². The Bertz CT molecular complexity index is 484. The van der Waals surface area contributed by atoms with Gasteiger partial charge in [-0.15, -0.1) is 11.8 Å². The third kappa shape index (κ3) is 12.1. The first-order chi connectivity index (χ1) is 11.4. The van der Waals surface area contributed by atoms with Crippen molar-refractivity contribution in [3.63, 3.8) is 0 Å². The Balaban J connectivity index is 0. The summed E-state index contributed by atoms with van der Waals surface area (Å²) in [5.41, 5.74) is 7.87. The number of rotatable bonds is 6. The van der Waals surface area contributed by atoms with E-state index in [4.69, 9.17) is 5.73 Å². The summed E-state index contributed by atoms with van der Waals surface area (Å²) in [6.45, 7) is 15.6. The number of hydrogen-bond donors (Lipinski definition) is 1. The van der Waals surface area contributed by atoms with Crippen LogP contribution in [0.5, 0.6) is 0 Å². The normalized spacial score (nSPS) is 9.12. The molecule has 0 atom stereocenters. The Kier molecular flexibility index (Phi) is 17.1. The number of aromatic nitrogens is 2. The SMILES string of the molecule is C=CSC(CCF)=C(C)C.CCC.CCc1ncc(CC)c(N)n1. The fraction of sp³-hybridized carbons (Fsp3) is 0.579. The van der Waals surface area contributed by atoms with E-state index in [2.05, 4.69) is 30.4 Å². The molecular formula is C19H34FN3S. The summed E-state index contributed by atoms with van der Waals surface area (Å²) in [5, 5.41) is 1.73. The van der Waals surface area contributed by atoms with Crippen molar-refractivity contribution in [2.24, 2.45) is 0 Å². The molecule has 0 aliphatic rings. The largest absolute Gasteiger partial charge is 0.383 e. The highest BCUT2D eigenvalue weighted by atomic mass is 32.2. The number of allylic oxidation sites excluding steroid dienone is 2. The number of thioether (sulfide) groups is 1. The van der Waals surface area contributed by atoms with Gasteiger partial charge in [-0.3, -0.25) is 4.39 Å². The zero-order valence-electron chi connectivity index (χ0n) is 16.2. The molecule has 0 spiro atoms. The molecule has 24 heavy (non-hydrogen) atoms. The molecule has 0 fully saturated rings. The van der Waals surface area contributed by atoms with Gasteiger partial charge in [0, 0.05) is 24.6 Å². The molecule has 0 amide bonds. The minimum absolute atomic E-state index is 0.276. The molecule has 0 aliphatic heterocycles. The summed E-state index contributed by atoms with van der Waals surface area (Å²) < 4.78 is 11.8. The summed E-state index contributed by atoms with van der Waals surface area (Å²) >= 11 is 1.51. The van der Waals surface area contributed by atoms with Crippen LogP contribution in [-0.2, 0) is 12.8 Å². The fourth-order valence-corrected chi connectivity index (χ4v) is 2.15. The van der Waals surface area contributed by atoms with Crippen LogP contribution in [0.3, 0.4) is 0 Å². The topological polar surface area (TPSA) is 51.8 Å². The Morgan fingerprint density at radius 2 is 1.83 bits per heavy atom. The molecule has 0 aliphatic carbocycles. The van der Waals surface area contributed by atoms with Crippen LogP contribution >= 0.6 is 11.8 Å². The maximum atomic E-state index is 11.8. The van der Waals surface area contributed by atoms with E-state index in [1.165, 1.54) is 23.8 Å². The number of nitrogens with zero attached hydrogens (tertiary/aromatic N) is 2. The number of halogens is 1. The summed E-state index contributed by atoms with van der Waals surface area (Å²) in [4.78, 5) is 9.36. The van der Waals surface area contributed by atoms with Crippen LogP contribution in [-0.4, -0.2) is 16.6 Å². The first-order valence-electron chi connectivity index (χ1n) is 8.51. The fourth-order valence-electron chi connectivity index (χ4n) is 1.51. The van der Waals surface area contributed by atoms with Gasteiger partial charge >= 0.3 is 0 Å². The van der Waals surface area contributed by atoms with Gasteiger partial charge in [-0.1, -0.05) is 46.3 Å². The Morgan fingerprint density at radius 1 is 1.25 bits per heavy atom. The van der Waals surface area contributed by atoms with E-state index in [1.54, 1.807) is 11.6 Å². The molecule has 0 bridgehead atoms. The summed E-state index contributed by atoms with van der Waals surface area (Å²) in [6.07, 6.45) is 5.32. The van der Waals surface area contributed by atoms with E-state index in [1.807, 2.05) is 27.7 Å². The average molecular weight is 356 g/mol. The van der Waals surface area contributed by atoms with Crippen molar-refractivity contribution in [1.29, 1.82) is 0 Å². The minimum Gasteiger partial charge on any atom is -0.383 e. The van der Waals surface area contributed by atoms with Crippen LogP contribution < -0.4 is 5.73 Å². The first-order valence-corrected chi connectivity index (χ1v) is 9.39. The highest BCUT2D eigenvalue weighted by Gasteiger charge is 1.99. The van der Waals surface area contributed by atoms with Crippen LogP contribution in [0.15, 0.2) is 28.7 Å². The van der Waals surface area contributed by atoms with Gasteiger partial charge in [0.1, 0.15) is 11.6 Å². The highest BCUT2D eigenvalue weighted by molar-refractivity contribution is 8.05. The molecule has 1 rings (SSSR count). The predicted octanol–water partition coefficient (Wildman–Crippen LogP) is 6.12. The monoisotopic (exact) mass is 355 g/mol. The summed E-state index contributed by atoms with van der Waals surface area (Å²) in [6, 6.07) is 0. The number of anilines is 1. The molecule has 1 aromatic heterocycles. The second-order valence-electron chi connectivity index (χ2n) is 5.26. The van der Waals surface area contributed by atoms with Crippen LogP contribution in [0.2, 0.25) is 0 Å². The highest BCUT2D eigenvalue weighted by Crippen LogP contribution is 2.23. The predicted molar refractivity (Wildman–Crippen MR) is 108 cm³/mol. The van der Waals surface area contributed by atoms with Crippen LogP contribution in [0.25, 0.3) is 0 Å². The lowest BCUT2D eigenvalue weighted by molar-refractivity contribution is 0.498. The van der Waals surface area contributed by atoms with Crippen molar-refractivity contribution < 1.29 is 4.39 Å². The van der Waals surface area contributed by atoms with Gasteiger partial charge in [-0.25, -0.2) is 9.97 Å². The van der Waals surface area contributed by atoms with Gasteiger partial charge in [0.2, 0.25) is 0 Å². The molecule has 0 saturated carbocycles. The van der Waals surface area contributed by atoms with Gasteiger partial charge in [0.15, 0.2) is 0 Å². The third-order valence-electron chi connectivity index (χ3n) is 2.75. The van der Waals surface area contributed by atoms with Gasteiger partial charge in [-0.05, 0) is 30.6 Å². The van der Waals surface area contributed by atoms with Crippen molar-refractivity contribution in [2.45, 2.75) is 67.2 Å². The van der Waals surface area contributed by atoms with Crippen molar-refractivity contribution in [2.75, 3.05) is 12.4 Å². The number of hydrogen-bond acceptors (Lipinski definition) is 4. The second kappa shape index (κ2) is 16.5. The number of aryl methyl sites for hydroxylation is 2. The van der Waals surface area contributed by atoms with Gasteiger partial charge in [-0.2, -0.15) is 0 Å². The van der Waals surface area contributed by atoms with E-state index < -0.39 is 0 Å². The molecule has 1 heterocycles. The van der Waals surface area contributed by atoms with E-state index in [-0.39, 0.29) is 6.67 Å². The molecule has 0 saturated heterocycles. The van der Waals surface area contributed by atoms with E-state index in [9.17, 15) is 4.39 Å². The summed E-state index contributed by atoms with van der Waals surface area (Å²) in [5.74, 6) is 1.44. The molecule has 5 heteroatoms. The number of nitrogen functional groups attached to an aromatic ring is 1. The van der Waals surface area contributed by atoms with Crippen molar-refractivity contribution in [3.8, 4) is 0 Å². The maximum absolute atomic E-state index is 11.8. The van der Waals surface area contributed by atoms with Crippen molar-refractivity contribution in [3.05, 3.63) is 40.0 Å². The number of alkyl halides is 1. The average Bonchev–Trinajstić information content (AvgIpc) is 2.55.